The van der Waals surface area contributed by atoms with Gasteiger partial charge >= 0.3 is 5.97 Å². The van der Waals surface area contributed by atoms with Crippen LogP contribution >= 0.6 is 27.3 Å². The molecular weight excluding hydrogens is 347 g/mol. The van der Waals surface area contributed by atoms with Gasteiger partial charge in [0.05, 0.1) is 11.1 Å². The molecule has 0 radical (unpaired) electrons. The highest BCUT2D eigenvalue weighted by Crippen LogP contribution is 2.28. The Balaban J connectivity index is 2.20. The molecule has 0 bridgehead atoms. The van der Waals surface area contributed by atoms with Crippen LogP contribution in [0.5, 0.6) is 0 Å². The number of ether oxygens (including phenoxy) is 1. The fourth-order valence-corrected chi connectivity index (χ4v) is 2.74. The highest BCUT2D eigenvalue weighted by atomic mass is 79.9. The Morgan fingerprint density at radius 1 is 1.55 bits per heavy atom. The average Bonchev–Trinajstić information content (AvgIpc) is 2.75. The largest absolute Gasteiger partial charge is 0.461 e. The first-order valence-corrected chi connectivity index (χ1v) is 7.48. The molecule has 0 aliphatic rings. The smallest absolute Gasteiger partial charge is 0.358 e. The number of aryl methyl sites for hydroxylation is 1. The molecule has 0 fully saturated rings. The van der Waals surface area contributed by atoms with Crippen molar-refractivity contribution in [1.82, 2.24) is 4.98 Å². The summed E-state index contributed by atoms with van der Waals surface area (Å²) < 4.78 is 18.4. The maximum atomic E-state index is 13.1. The Morgan fingerprint density at radius 3 is 2.95 bits per heavy atom. The number of halogens is 2. The molecule has 0 aliphatic carbocycles. The number of thiazole rings is 1. The molecule has 0 amide bonds. The number of hydrogen-bond acceptors (Lipinski definition) is 5. The van der Waals surface area contributed by atoms with Gasteiger partial charge in [0.1, 0.15) is 5.82 Å². The number of carbonyl (C=O) groups is 1. The number of carbonyl (C=O) groups excluding carboxylic acids is 1. The summed E-state index contributed by atoms with van der Waals surface area (Å²) >= 11 is 4.46. The first kappa shape index (κ1) is 14.9. The Bertz CT molecular complexity index is 645. The van der Waals surface area contributed by atoms with Crippen LogP contribution in [-0.2, 0) is 4.74 Å². The second kappa shape index (κ2) is 6.32. The Morgan fingerprint density at radius 2 is 2.30 bits per heavy atom. The second-order valence-corrected chi connectivity index (χ2v) is 5.96. The van der Waals surface area contributed by atoms with Crippen LogP contribution in [0, 0.1) is 12.7 Å². The maximum Gasteiger partial charge on any atom is 0.358 e. The Kier molecular flexibility index (Phi) is 4.72. The summed E-state index contributed by atoms with van der Waals surface area (Å²) in [4.78, 5) is 16.6. The molecule has 0 unspecified atom stereocenters. The zero-order chi connectivity index (χ0) is 14.7. The minimum atomic E-state index is -0.436. The zero-order valence-corrected chi connectivity index (χ0v) is 13.3. The second-order valence-electron chi connectivity index (χ2n) is 3.90. The summed E-state index contributed by atoms with van der Waals surface area (Å²) in [7, 11) is 0. The number of hydrogen-bond donors (Lipinski definition) is 1. The minimum Gasteiger partial charge on any atom is -0.461 e. The molecule has 4 nitrogen and oxygen atoms in total. The first-order valence-electron chi connectivity index (χ1n) is 5.88. The van der Waals surface area contributed by atoms with Crippen LogP contribution in [0.3, 0.4) is 0 Å². The number of rotatable bonds is 4. The SMILES string of the molecule is CCOC(=O)c1nc(Nc2ccc(F)c(Br)c2)sc1C. The van der Waals surface area contributed by atoms with Crippen LogP contribution in [0.15, 0.2) is 22.7 Å². The lowest BCUT2D eigenvalue weighted by Gasteiger charge is -2.03. The number of nitrogens with one attached hydrogen (secondary N) is 1. The lowest BCUT2D eigenvalue weighted by Crippen LogP contribution is -2.06. The Labute approximate surface area is 128 Å². The summed E-state index contributed by atoms with van der Waals surface area (Å²) in [5, 5.41) is 3.59. The van der Waals surface area contributed by atoms with Crippen molar-refractivity contribution < 1.29 is 13.9 Å². The van der Waals surface area contributed by atoms with E-state index in [2.05, 4.69) is 26.2 Å². The molecule has 2 aromatic rings. The average molecular weight is 359 g/mol. The van der Waals surface area contributed by atoms with Crippen molar-refractivity contribution in [3.63, 3.8) is 0 Å². The number of benzene rings is 1. The van der Waals surface area contributed by atoms with E-state index in [-0.39, 0.29) is 5.82 Å². The number of esters is 1. The van der Waals surface area contributed by atoms with E-state index >= 15 is 0 Å². The molecular formula is C13H12BrFN2O2S. The van der Waals surface area contributed by atoms with E-state index in [0.29, 0.717) is 27.6 Å². The van der Waals surface area contributed by atoms with Crippen LogP contribution in [0.2, 0.25) is 0 Å². The lowest BCUT2D eigenvalue weighted by atomic mass is 10.3. The summed E-state index contributed by atoms with van der Waals surface area (Å²) in [6, 6.07) is 4.55. The Hall–Kier alpha value is -1.47. The van der Waals surface area contributed by atoms with Crippen LogP contribution in [-0.4, -0.2) is 17.6 Å². The van der Waals surface area contributed by atoms with Gasteiger partial charge in [0.25, 0.3) is 0 Å². The number of nitrogens with zero attached hydrogens (tertiary/aromatic N) is 1. The van der Waals surface area contributed by atoms with Crippen LogP contribution in [0.1, 0.15) is 22.3 Å². The predicted molar refractivity (Wildman–Crippen MR) is 80.2 cm³/mol. The maximum absolute atomic E-state index is 13.1. The fraction of sp³-hybridized carbons (Fsp3) is 0.231. The van der Waals surface area contributed by atoms with E-state index in [0.717, 1.165) is 4.88 Å². The van der Waals surface area contributed by atoms with E-state index in [1.165, 1.54) is 17.4 Å². The molecule has 1 N–H and O–H groups in total. The van der Waals surface area contributed by atoms with Crippen molar-refractivity contribution in [1.29, 1.82) is 0 Å². The van der Waals surface area contributed by atoms with E-state index in [1.54, 1.807) is 26.0 Å². The van der Waals surface area contributed by atoms with Gasteiger partial charge in [0.15, 0.2) is 10.8 Å². The molecule has 0 saturated carbocycles. The normalized spacial score (nSPS) is 10.4. The highest BCUT2D eigenvalue weighted by Gasteiger charge is 2.16. The summed E-state index contributed by atoms with van der Waals surface area (Å²) in [6.45, 7) is 3.86. The van der Waals surface area contributed by atoms with E-state index in [4.69, 9.17) is 4.74 Å². The van der Waals surface area contributed by atoms with Crippen LogP contribution in [0.4, 0.5) is 15.2 Å². The topological polar surface area (TPSA) is 51.2 Å². The third-order valence-corrected chi connectivity index (χ3v) is 3.93. The van der Waals surface area contributed by atoms with Gasteiger partial charge < -0.3 is 10.1 Å². The number of aromatic nitrogens is 1. The van der Waals surface area contributed by atoms with Gasteiger partial charge in [0, 0.05) is 10.6 Å². The standard InChI is InChI=1S/C13H12BrFN2O2S/c1-3-19-12(18)11-7(2)20-13(17-11)16-8-4-5-10(15)9(14)6-8/h4-6H,3H2,1-2H3,(H,16,17). The van der Waals surface area contributed by atoms with Crippen LogP contribution in [0.25, 0.3) is 0 Å². The molecule has 1 aromatic carbocycles. The molecule has 7 heteroatoms. The van der Waals surface area contributed by atoms with E-state index in [1.807, 2.05) is 0 Å². The molecule has 0 saturated heterocycles. The van der Waals surface area contributed by atoms with Gasteiger partial charge in [-0.1, -0.05) is 0 Å². The summed E-state index contributed by atoms with van der Waals surface area (Å²) in [5.41, 5.74) is 0.989. The summed E-state index contributed by atoms with van der Waals surface area (Å²) in [5.74, 6) is -0.771. The van der Waals surface area contributed by atoms with Crippen molar-refractivity contribution in [2.24, 2.45) is 0 Å². The van der Waals surface area contributed by atoms with Crippen molar-refractivity contribution in [3.8, 4) is 0 Å². The van der Waals surface area contributed by atoms with Gasteiger partial charge in [-0.25, -0.2) is 14.2 Å². The van der Waals surface area contributed by atoms with E-state index in [9.17, 15) is 9.18 Å². The number of anilines is 2. The molecule has 2 rings (SSSR count). The van der Waals surface area contributed by atoms with Gasteiger partial charge in [0.2, 0.25) is 0 Å². The van der Waals surface area contributed by atoms with Crippen molar-refractivity contribution >= 4 is 44.1 Å². The third-order valence-electron chi connectivity index (χ3n) is 2.44. The van der Waals surface area contributed by atoms with Crippen molar-refractivity contribution in [3.05, 3.63) is 39.1 Å². The molecule has 0 atom stereocenters. The third kappa shape index (κ3) is 3.34. The molecule has 1 heterocycles. The van der Waals surface area contributed by atoms with Crippen LogP contribution < -0.4 is 5.32 Å². The molecule has 1 aromatic heterocycles. The predicted octanol–water partition coefficient (Wildman–Crippen LogP) is 4.27. The monoisotopic (exact) mass is 358 g/mol. The molecule has 0 spiro atoms. The van der Waals surface area contributed by atoms with Crippen molar-refractivity contribution in [2.75, 3.05) is 11.9 Å². The van der Waals surface area contributed by atoms with Gasteiger partial charge in [-0.2, -0.15) is 0 Å². The zero-order valence-electron chi connectivity index (χ0n) is 10.9. The van der Waals surface area contributed by atoms with Gasteiger partial charge in [-0.05, 0) is 48.0 Å². The summed E-state index contributed by atoms with van der Waals surface area (Å²) in [6.07, 6.45) is 0. The lowest BCUT2D eigenvalue weighted by molar-refractivity contribution is 0.0519. The molecule has 0 aliphatic heterocycles. The molecule has 106 valence electrons. The molecule has 20 heavy (non-hydrogen) atoms. The first-order chi connectivity index (χ1) is 9.51. The quantitative estimate of drug-likeness (QED) is 0.829. The highest BCUT2D eigenvalue weighted by molar-refractivity contribution is 9.10. The van der Waals surface area contributed by atoms with Crippen molar-refractivity contribution in [2.45, 2.75) is 13.8 Å². The fourth-order valence-electron chi connectivity index (χ4n) is 1.54. The van der Waals surface area contributed by atoms with E-state index < -0.39 is 5.97 Å². The van der Waals surface area contributed by atoms with Gasteiger partial charge in [-0.3, -0.25) is 0 Å². The minimum absolute atomic E-state index is 0.306. The van der Waals surface area contributed by atoms with Gasteiger partial charge in [-0.15, -0.1) is 11.3 Å².